The van der Waals surface area contributed by atoms with Crippen LogP contribution in [0.4, 0.5) is 5.82 Å². The summed E-state index contributed by atoms with van der Waals surface area (Å²) in [5, 5.41) is 2.86. The van der Waals surface area contributed by atoms with Crippen LogP contribution in [0.15, 0.2) is 42.9 Å². The summed E-state index contributed by atoms with van der Waals surface area (Å²) in [4.78, 5) is 21.9. The van der Waals surface area contributed by atoms with Crippen LogP contribution in [0.1, 0.15) is 15.9 Å². The highest BCUT2D eigenvalue weighted by Gasteiger charge is 2.05. The molecule has 2 aromatic heterocycles. The predicted octanol–water partition coefficient (Wildman–Crippen LogP) is 1.47. The van der Waals surface area contributed by atoms with Crippen molar-refractivity contribution in [3.63, 3.8) is 0 Å². The molecular formula is C14H16N4O. The summed E-state index contributed by atoms with van der Waals surface area (Å²) in [6, 6.07) is 7.31. The van der Waals surface area contributed by atoms with Crippen molar-refractivity contribution in [1.82, 2.24) is 15.3 Å². The van der Waals surface area contributed by atoms with Crippen LogP contribution in [-0.2, 0) is 6.54 Å². The van der Waals surface area contributed by atoms with Gasteiger partial charge in [-0.3, -0.25) is 9.78 Å². The van der Waals surface area contributed by atoms with E-state index >= 15 is 0 Å². The van der Waals surface area contributed by atoms with Crippen molar-refractivity contribution in [2.45, 2.75) is 6.54 Å². The molecule has 0 saturated carbocycles. The lowest BCUT2D eigenvalue weighted by molar-refractivity contribution is 0.0950. The average molecular weight is 256 g/mol. The minimum Gasteiger partial charge on any atom is -0.363 e. The lowest BCUT2D eigenvalue weighted by Crippen LogP contribution is -2.23. The van der Waals surface area contributed by atoms with Crippen molar-refractivity contribution in [3.8, 4) is 0 Å². The van der Waals surface area contributed by atoms with Crippen molar-refractivity contribution in [2.24, 2.45) is 0 Å². The van der Waals surface area contributed by atoms with Gasteiger partial charge in [0, 0.05) is 39.2 Å². The molecule has 1 amide bonds. The summed E-state index contributed by atoms with van der Waals surface area (Å²) < 4.78 is 0. The van der Waals surface area contributed by atoms with Gasteiger partial charge >= 0.3 is 0 Å². The molecule has 0 radical (unpaired) electrons. The first kappa shape index (κ1) is 13.0. The first-order valence-electron chi connectivity index (χ1n) is 5.97. The van der Waals surface area contributed by atoms with E-state index in [0.29, 0.717) is 12.1 Å². The molecule has 19 heavy (non-hydrogen) atoms. The largest absolute Gasteiger partial charge is 0.363 e. The number of nitrogens with one attached hydrogen (secondary N) is 1. The fraction of sp³-hybridized carbons (Fsp3) is 0.214. The van der Waals surface area contributed by atoms with Gasteiger partial charge in [0.15, 0.2) is 0 Å². The second kappa shape index (κ2) is 5.95. The maximum atomic E-state index is 11.9. The number of rotatable bonds is 4. The number of amides is 1. The summed E-state index contributed by atoms with van der Waals surface area (Å²) in [6.45, 7) is 0.469. The van der Waals surface area contributed by atoms with Crippen molar-refractivity contribution in [3.05, 3.63) is 54.0 Å². The van der Waals surface area contributed by atoms with Crippen LogP contribution in [0.2, 0.25) is 0 Å². The summed E-state index contributed by atoms with van der Waals surface area (Å²) in [7, 11) is 3.86. The molecule has 2 heterocycles. The number of hydrogen-bond acceptors (Lipinski definition) is 4. The van der Waals surface area contributed by atoms with Crippen LogP contribution < -0.4 is 10.2 Å². The minimum atomic E-state index is -0.128. The molecular weight excluding hydrogens is 240 g/mol. The zero-order valence-electron chi connectivity index (χ0n) is 11.0. The van der Waals surface area contributed by atoms with Crippen LogP contribution >= 0.6 is 0 Å². The zero-order chi connectivity index (χ0) is 13.7. The van der Waals surface area contributed by atoms with Gasteiger partial charge in [0.2, 0.25) is 0 Å². The van der Waals surface area contributed by atoms with Gasteiger partial charge in [-0.15, -0.1) is 0 Å². The van der Waals surface area contributed by atoms with E-state index in [1.807, 2.05) is 31.1 Å². The topological polar surface area (TPSA) is 58.1 Å². The zero-order valence-corrected chi connectivity index (χ0v) is 11.0. The van der Waals surface area contributed by atoms with E-state index in [1.54, 1.807) is 30.7 Å². The second-order valence-corrected chi connectivity index (χ2v) is 4.34. The highest BCUT2D eigenvalue weighted by Crippen LogP contribution is 2.09. The molecule has 98 valence electrons. The Morgan fingerprint density at radius 2 is 2.16 bits per heavy atom. The van der Waals surface area contributed by atoms with Gasteiger partial charge in [-0.2, -0.15) is 0 Å². The third kappa shape index (κ3) is 3.51. The number of carbonyl (C=O) groups is 1. The van der Waals surface area contributed by atoms with E-state index in [4.69, 9.17) is 0 Å². The third-order valence-corrected chi connectivity index (χ3v) is 2.64. The summed E-state index contributed by atoms with van der Waals surface area (Å²) in [5.74, 6) is 0.740. The van der Waals surface area contributed by atoms with Crippen molar-refractivity contribution in [2.75, 3.05) is 19.0 Å². The number of nitrogens with zero attached hydrogens (tertiary/aromatic N) is 3. The molecule has 2 aromatic rings. The van der Waals surface area contributed by atoms with Gasteiger partial charge in [-0.25, -0.2) is 4.98 Å². The van der Waals surface area contributed by atoms with Gasteiger partial charge in [0.05, 0.1) is 5.56 Å². The van der Waals surface area contributed by atoms with E-state index in [9.17, 15) is 4.79 Å². The number of pyridine rings is 2. The first-order valence-corrected chi connectivity index (χ1v) is 5.97. The Morgan fingerprint density at radius 3 is 2.84 bits per heavy atom. The van der Waals surface area contributed by atoms with Crippen molar-refractivity contribution < 1.29 is 4.79 Å². The average Bonchev–Trinajstić information content (AvgIpc) is 2.46. The summed E-state index contributed by atoms with van der Waals surface area (Å²) >= 11 is 0. The number of anilines is 1. The van der Waals surface area contributed by atoms with Crippen molar-refractivity contribution in [1.29, 1.82) is 0 Å². The number of hydrogen-bond donors (Lipinski definition) is 1. The lowest BCUT2D eigenvalue weighted by atomic mass is 10.2. The minimum absolute atomic E-state index is 0.128. The fourth-order valence-corrected chi connectivity index (χ4v) is 1.60. The van der Waals surface area contributed by atoms with Crippen molar-refractivity contribution >= 4 is 11.7 Å². The van der Waals surface area contributed by atoms with E-state index in [0.717, 1.165) is 11.4 Å². The molecule has 0 aliphatic rings. The Balaban J connectivity index is 1.99. The van der Waals surface area contributed by atoms with Crippen LogP contribution in [0.5, 0.6) is 0 Å². The molecule has 0 aliphatic carbocycles. The third-order valence-electron chi connectivity index (χ3n) is 2.64. The predicted molar refractivity (Wildman–Crippen MR) is 74.0 cm³/mol. The Hall–Kier alpha value is -2.43. The first-order chi connectivity index (χ1) is 9.16. The van der Waals surface area contributed by atoms with Gasteiger partial charge in [0.1, 0.15) is 5.82 Å². The number of aromatic nitrogens is 2. The highest BCUT2D eigenvalue weighted by molar-refractivity contribution is 5.93. The molecule has 0 aromatic carbocycles. The highest BCUT2D eigenvalue weighted by atomic mass is 16.1. The molecule has 5 nitrogen and oxygen atoms in total. The van der Waals surface area contributed by atoms with E-state index in [2.05, 4.69) is 15.3 Å². The quantitative estimate of drug-likeness (QED) is 0.900. The molecule has 0 unspecified atom stereocenters. The lowest BCUT2D eigenvalue weighted by Gasteiger charge is -2.12. The molecule has 0 fully saturated rings. The molecule has 0 aliphatic heterocycles. The van der Waals surface area contributed by atoms with E-state index < -0.39 is 0 Å². The smallest absolute Gasteiger partial charge is 0.253 e. The Bertz CT molecular complexity index is 554. The Labute approximate surface area is 112 Å². The van der Waals surface area contributed by atoms with Gasteiger partial charge in [-0.1, -0.05) is 0 Å². The molecule has 1 N–H and O–H groups in total. The second-order valence-electron chi connectivity index (χ2n) is 4.34. The summed E-state index contributed by atoms with van der Waals surface area (Å²) in [5.41, 5.74) is 1.57. The van der Waals surface area contributed by atoms with Crippen LogP contribution in [0.3, 0.4) is 0 Å². The molecule has 0 atom stereocenters. The van der Waals surface area contributed by atoms with Crippen LogP contribution in [0.25, 0.3) is 0 Å². The maximum Gasteiger partial charge on any atom is 0.253 e. The molecule has 5 heteroatoms. The van der Waals surface area contributed by atoms with Crippen LogP contribution in [0, 0.1) is 0 Å². The Morgan fingerprint density at radius 1 is 1.32 bits per heavy atom. The normalized spacial score (nSPS) is 10.0. The molecule has 0 bridgehead atoms. The molecule has 2 rings (SSSR count). The monoisotopic (exact) mass is 256 g/mol. The standard InChI is InChI=1S/C14H16N4O/c1-18(2)13-8-11(5-7-16-13)9-17-14(19)12-4-3-6-15-10-12/h3-8,10H,9H2,1-2H3,(H,17,19). The fourth-order valence-electron chi connectivity index (χ4n) is 1.60. The maximum absolute atomic E-state index is 11.9. The van der Waals surface area contributed by atoms with E-state index in [1.165, 1.54) is 0 Å². The molecule has 0 saturated heterocycles. The van der Waals surface area contributed by atoms with Gasteiger partial charge in [0.25, 0.3) is 5.91 Å². The SMILES string of the molecule is CN(C)c1cc(CNC(=O)c2cccnc2)ccn1. The summed E-state index contributed by atoms with van der Waals surface area (Å²) in [6.07, 6.45) is 4.93. The van der Waals surface area contributed by atoms with E-state index in [-0.39, 0.29) is 5.91 Å². The Kier molecular flexibility index (Phi) is 4.07. The van der Waals surface area contributed by atoms with Gasteiger partial charge < -0.3 is 10.2 Å². The molecule has 0 spiro atoms. The van der Waals surface area contributed by atoms with Crippen LogP contribution in [-0.4, -0.2) is 30.0 Å². The number of carbonyl (C=O) groups excluding carboxylic acids is 1. The van der Waals surface area contributed by atoms with Gasteiger partial charge in [-0.05, 0) is 29.8 Å².